The lowest BCUT2D eigenvalue weighted by Gasteiger charge is -2.16. The van der Waals surface area contributed by atoms with E-state index in [4.69, 9.17) is 0 Å². The summed E-state index contributed by atoms with van der Waals surface area (Å²) >= 11 is 0. The average Bonchev–Trinajstić information content (AvgIpc) is 2.63. The normalized spacial score (nSPS) is 29.0. The van der Waals surface area contributed by atoms with Crippen LogP contribution in [-0.4, -0.2) is 28.2 Å². The first-order valence-electron chi connectivity index (χ1n) is 7.28. The van der Waals surface area contributed by atoms with E-state index in [1.807, 2.05) is 6.08 Å². The van der Waals surface area contributed by atoms with Crippen molar-refractivity contribution in [3.8, 4) is 0 Å². The number of unbranched alkanes of at least 4 members (excludes halogenated alkanes) is 2. The molecule has 0 aromatic carbocycles. The van der Waals surface area contributed by atoms with Crippen molar-refractivity contribution in [3.63, 3.8) is 0 Å². The Morgan fingerprint density at radius 3 is 2.84 bits per heavy atom. The van der Waals surface area contributed by atoms with Gasteiger partial charge in [0.25, 0.3) is 0 Å². The van der Waals surface area contributed by atoms with Crippen LogP contribution >= 0.6 is 0 Å². The second-order valence-corrected chi connectivity index (χ2v) is 5.39. The van der Waals surface area contributed by atoms with Crippen molar-refractivity contribution in [1.29, 1.82) is 0 Å². The lowest BCUT2D eigenvalue weighted by atomic mass is 9.90. The summed E-state index contributed by atoms with van der Waals surface area (Å²) in [4.78, 5) is 11.7. The van der Waals surface area contributed by atoms with Crippen LogP contribution < -0.4 is 0 Å². The first kappa shape index (κ1) is 16.1. The second-order valence-electron chi connectivity index (χ2n) is 5.39. The van der Waals surface area contributed by atoms with E-state index < -0.39 is 12.2 Å². The van der Waals surface area contributed by atoms with Crippen LogP contribution in [0.15, 0.2) is 24.8 Å². The summed E-state index contributed by atoms with van der Waals surface area (Å²) in [5, 5.41) is 19.7. The van der Waals surface area contributed by atoms with Gasteiger partial charge in [0.05, 0.1) is 12.2 Å². The fraction of sp³-hybridized carbons (Fsp3) is 0.688. The lowest BCUT2D eigenvalue weighted by Crippen LogP contribution is -2.18. The van der Waals surface area contributed by atoms with Crippen molar-refractivity contribution in [1.82, 2.24) is 0 Å². The first-order valence-corrected chi connectivity index (χ1v) is 7.28. The van der Waals surface area contributed by atoms with Gasteiger partial charge < -0.3 is 10.2 Å². The van der Waals surface area contributed by atoms with Crippen molar-refractivity contribution < 1.29 is 15.0 Å². The molecule has 0 heterocycles. The third-order valence-corrected chi connectivity index (χ3v) is 3.81. The molecule has 0 aromatic rings. The van der Waals surface area contributed by atoms with Crippen LogP contribution in [-0.2, 0) is 4.79 Å². The Bertz CT molecular complexity index is 322. The molecule has 3 nitrogen and oxygen atoms in total. The molecule has 1 saturated carbocycles. The number of aliphatic hydroxyl groups is 2. The van der Waals surface area contributed by atoms with Gasteiger partial charge in [-0.2, -0.15) is 0 Å². The largest absolute Gasteiger partial charge is 0.392 e. The smallest absolute Gasteiger partial charge is 0.139 e. The maximum absolute atomic E-state index is 11.7. The Balaban J connectivity index is 2.52. The standard InChI is InChI=1S/C16H26O3/c1-3-5-6-8-12(17)9-10-14-13(7-4-2)15(18)11-16(14)19/h4,9-10,12-14,16-17,19H,2-3,5-8,11H2,1H3/b10-9+/t12-,13+,14+,16+/m0/s1. The van der Waals surface area contributed by atoms with Crippen molar-refractivity contribution in [2.75, 3.05) is 0 Å². The van der Waals surface area contributed by atoms with Crippen molar-refractivity contribution in [2.24, 2.45) is 11.8 Å². The van der Waals surface area contributed by atoms with Gasteiger partial charge in [0.15, 0.2) is 0 Å². The van der Waals surface area contributed by atoms with E-state index >= 15 is 0 Å². The van der Waals surface area contributed by atoms with Crippen LogP contribution in [0.4, 0.5) is 0 Å². The summed E-state index contributed by atoms with van der Waals surface area (Å²) in [5.74, 6) is -0.250. The molecule has 3 heteroatoms. The zero-order valence-corrected chi connectivity index (χ0v) is 11.8. The minimum Gasteiger partial charge on any atom is -0.392 e. The number of hydrogen-bond donors (Lipinski definition) is 2. The molecular weight excluding hydrogens is 240 g/mol. The highest BCUT2D eigenvalue weighted by molar-refractivity contribution is 5.84. The van der Waals surface area contributed by atoms with Gasteiger partial charge in [-0.1, -0.05) is 44.4 Å². The maximum Gasteiger partial charge on any atom is 0.139 e. The summed E-state index contributed by atoms with van der Waals surface area (Å²) in [5.41, 5.74) is 0. The van der Waals surface area contributed by atoms with Crippen LogP contribution in [0.5, 0.6) is 0 Å². The topological polar surface area (TPSA) is 57.5 Å². The summed E-state index contributed by atoms with van der Waals surface area (Å²) in [6.45, 7) is 5.78. The van der Waals surface area contributed by atoms with Gasteiger partial charge in [-0.25, -0.2) is 0 Å². The van der Waals surface area contributed by atoms with E-state index in [0.717, 1.165) is 25.7 Å². The molecule has 108 valence electrons. The summed E-state index contributed by atoms with van der Waals surface area (Å²) in [6, 6.07) is 0. The van der Waals surface area contributed by atoms with Crippen LogP contribution in [0.25, 0.3) is 0 Å². The zero-order valence-electron chi connectivity index (χ0n) is 11.8. The number of carbonyl (C=O) groups excluding carboxylic acids is 1. The number of rotatable bonds is 8. The van der Waals surface area contributed by atoms with Crippen molar-refractivity contribution >= 4 is 5.78 Å². The molecule has 19 heavy (non-hydrogen) atoms. The summed E-state index contributed by atoms with van der Waals surface area (Å²) in [6.07, 6.45) is 9.00. The molecule has 0 aromatic heterocycles. The Labute approximate surface area is 116 Å². The number of aliphatic hydroxyl groups excluding tert-OH is 2. The Kier molecular flexibility index (Phi) is 7.03. The third kappa shape index (κ3) is 4.92. The fourth-order valence-corrected chi connectivity index (χ4v) is 2.66. The van der Waals surface area contributed by atoms with Gasteiger partial charge in [0, 0.05) is 18.3 Å². The lowest BCUT2D eigenvalue weighted by molar-refractivity contribution is -0.121. The van der Waals surface area contributed by atoms with Crippen LogP contribution in [0, 0.1) is 11.8 Å². The number of hydrogen-bond acceptors (Lipinski definition) is 3. The van der Waals surface area contributed by atoms with Crippen molar-refractivity contribution in [2.45, 2.75) is 57.7 Å². The van der Waals surface area contributed by atoms with E-state index in [0.29, 0.717) is 6.42 Å². The number of carbonyl (C=O) groups is 1. The predicted octanol–water partition coefficient (Wildman–Crippen LogP) is 2.63. The van der Waals surface area contributed by atoms with Gasteiger partial charge in [0.2, 0.25) is 0 Å². The molecule has 0 amide bonds. The van der Waals surface area contributed by atoms with Gasteiger partial charge in [-0.3, -0.25) is 4.79 Å². The first-order chi connectivity index (χ1) is 9.10. The predicted molar refractivity (Wildman–Crippen MR) is 76.7 cm³/mol. The summed E-state index contributed by atoms with van der Waals surface area (Å²) in [7, 11) is 0. The molecule has 4 atom stereocenters. The van der Waals surface area contributed by atoms with Gasteiger partial charge in [-0.05, 0) is 12.8 Å². The van der Waals surface area contributed by atoms with Crippen LogP contribution in [0.1, 0.15) is 45.4 Å². The van der Waals surface area contributed by atoms with E-state index in [9.17, 15) is 15.0 Å². The van der Waals surface area contributed by atoms with E-state index in [2.05, 4.69) is 13.5 Å². The SMILES string of the molecule is C=CC[C@H]1C(=O)C[C@@H](O)[C@@H]1/C=C/[C@@H](O)CCCCC. The van der Waals surface area contributed by atoms with Gasteiger partial charge in [0.1, 0.15) is 5.78 Å². The molecule has 1 rings (SSSR count). The van der Waals surface area contributed by atoms with Gasteiger partial charge >= 0.3 is 0 Å². The fourth-order valence-electron chi connectivity index (χ4n) is 2.66. The van der Waals surface area contributed by atoms with E-state index in [-0.39, 0.29) is 24.0 Å². The minimum absolute atomic E-state index is 0.0996. The molecule has 1 aliphatic rings. The zero-order chi connectivity index (χ0) is 14.3. The maximum atomic E-state index is 11.7. The monoisotopic (exact) mass is 266 g/mol. The molecule has 0 radical (unpaired) electrons. The highest BCUT2D eigenvalue weighted by atomic mass is 16.3. The van der Waals surface area contributed by atoms with E-state index in [1.165, 1.54) is 0 Å². The average molecular weight is 266 g/mol. The van der Waals surface area contributed by atoms with Gasteiger partial charge in [-0.15, -0.1) is 6.58 Å². The highest BCUT2D eigenvalue weighted by Gasteiger charge is 2.38. The Morgan fingerprint density at radius 2 is 2.21 bits per heavy atom. The molecule has 1 aliphatic carbocycles. The molecular formula is C16H26O3. The Hall–Kier alpha value is -0.930. The number of Topliss-reactive ketones (excluding diaryl/α,β-unsaturated/α-hetero) is 1. The second kappa shape index (κ2) is 8.28. The minimum atomic E-state index is -0.614. The van der Waals surface area contributed by atoms with Crippen LogP contribution in [0.2, 0.25) is 0 Å². The Morgan fingerprint density at radius 1 is 1.47 bits per heavy atom. The highest BCUT2D eigenvalue weighted by Crippen LogP contribution is 2.33. The van der Waals surface area contributed by atoms with Crippen LogP contribution in [0.3, 0.4) is 0 Å². The molecule has 0 saturated heterocycles. The summed E-state index contributed by atoms with van der Waals surface area (Å²) < 4.78 is 0. The van der Waals surface area contributed by atoms with Crippen molar-refractivity contribution in [3.05, 3.63) is 24.8 Å². The molecule has 0 unspecified atom stereocenters. The van der Waals surface area contributed by atoms with E-state index in [1.54, 1.807) is 12.2 Å². The molecule has 0 spiro atoms. The third-order valence-electron chi connectivity index (χ3n) is 3.81. The molecule has 2 N–H and O–H groups in total. The quantitative estimate of drug-likeness (QED) is 0.524. The number of ketones is 1. The molecule has 0 bridgehead atoms. The molecule has 0 aliphatic heterocycles. The number of allylic oxidation sites excluding steroid dienone is 1. The molecule has 1 fully saturated rings.